The standard InChI is InChI=1S/C10H19N3O/c1-5-7-13-8-11-12-9(13)10(3,6-2)14-4/h8H,5-7H2,1-4H3. The molecule has 0 aliphatic carbocycles. The average molecular weight is 197 g/mol. The summed E-state index contributed by atoms with van der Waals surface area (Å²) in [5, 5.41) is 8.07. The first-order valence-electron chi connectivity index (χ1n) is 5.11. The highest BCUT2D eigenvalue weighted by Gasteiger charge is 2.29. The fraction of sp³-hybridized carbons (Fsp3) is 0.800. The van der Waals surface area contributed by atoms with E-state index in [1.54, 1.807) is 13.4 Å². The summed E-state index contributed by atoms with van der Waals surface area (Å²) in [5.41, 5.74) is -0.314. The number of aryl methyl sites for hydroxylation is 1. The van der Waals surface area contributed by atoms with Crippen LogP contribution in [-0.4, -0.2) is 21.9 Å². The monoisotopic (exact) mass is 197 g/mol. The minimum atomic E-state index is -0.314. The molecule has 0 aliphatic heterocycles. The van der Waals surface area contributed by atoms with Gasteiger partial charge in [-0.15, -0.1) is 10.2 Å². The van der Waals surface area contributed by atoms with Crippen molar-refractivity contribution in [3.05, 3.63) is 12.2 Å². The zero-order valence-electron chi connectivity index (χ0n) is 9.45. The SMILES string of the molecule is CCCn1cnnc1C(C)(CC)OC. The molecule has 14 heavy (non-hydrogen) atoms. The van der Waals surface area contributed by atoms with Gasteiger partial charge in [0.2, 0.25) is 0 Å². The summed E-state index contributed by atoms with van der Waals surface area (Å²) in [6.07, 6.45) is 3.74. The van der Waals surface area contributed by atoms with Crippen molar-refractivity contribution in [3.8, 4) is 0 Å². The molecular formula is C10H19N3O. The van der Waals surface area contributed by atoms with Crippen molar-refractivity contribution >= 4 is 0 Å². The lowest BCUT2D eigenvalue weighted by atomic mass is 10.0. The third kappa shape index (κ3) is 1.95. The third-order valence-corrected chi connectivity index (χ3v) is 2.68. The maximum Gasteiger partial charge on any atom is 0.164 e. The summed E-state index contributed by atoms with van der Waals surface area (Å²) in [4.78, 5) is 0. The molecule has 0 bridgehead atoms. The predicted molar refractivity (Wildman–Crippen MR) is 55.0 cm³/mol. The van der Waals surface area contributed by atoms with Crippen molar-refractivity contribution in [3.63, 3.8) is 0 Å². The minimum Gasteiger partial charge on any atom is -0.371 e. The molecule has 4 heteroatoms. The Morgan fingerprint density at radius 3 is 2.71 bits per heavy atom. The first-order chi connectivity index (χ1) is 6.68. The quantitative estimate of drug-likeness (QED) is 0.724. The number of ether oxygens (including phenoxy) is 1. The molecule has 0 fully saturated rings. The van der Waals surface area contributed by atoms with E-state index in [0.29, 0.717) is 0 Å². The molecule has 0 amide bonds. The van der Waals surface area contributed by atoms with Crippen molar-refractivity contribution in [1.82, 2.24) is 14.8 Å². The van der Waals surface area contributed by atoms with Gasteiger partial charge < -0.3 is 9.30 Å². The van der Waals surface area contributed by atoms with Gasteiger partial charge >= 0.3 is 0 Å². The van der Waals surface area contributed by atoms with E-state index in [4.69, 9.17) is 4.74 Å². The van der Waals surface area contributed by atoms with Gasteiger partial charge in [0.25, 0.3) is 0 Å². The molecule has 0 aromatic carbocycles. The number of hydrogen-bond acceptors (Lipinski definition) is 3. The second-order valence-electron chi connectivity index (χ2n) is 3.64. The van der Waals surface area contributed by atoms with Gasteiger partial charge in [-0.3, -0.25) is 0 Å². The molecule has 1 heterocycles. The van der Waals surface area contributed by atoms with Gasteiger partial charge in [-0.2, -0.15) is 0 Å². The molecule has 80 valence electrons. The van der Waals surface area contributed by atoms with Crippen LogP contribution >= 0.6 is 0 Å². The zero-order chi connectivity index (χ0) is 10.6. The molecular weight excluding hydrogens is 178 g/mol. The molecule has 1 atom stereocenters. The van der Waals surface area contributed by atoms with Crippen LogP contribution in [0.3, 0.4) is 0 Å². The molecule has 1 aromatic rings. The van der Waals surface area contributed by atoms with E-state index >= 15 is 0 Å². The Balaban J connectivity index is 2.97. The first-order valence-corrected chi connectivity index (χ1v) is 5.11. The lowest BCUT2D eigenvalue weighted by Crippen LogP contribution is -2.28. The molecule has 1 unspecified atom stereocenters. The highest BCUT2D eigenvalue weighted by Crippen LogP contribution is 2.26. The number of rotatable bonds is 5. The molecule has 4 nitrogen and oxygen atoms in total. The predicted octanol–water partition coefficient (Wildman–Crippen LogP) is 1.96. The normalized spacial score (nSPS) is 15.4. The first kappa shape index (κ1) is 11.2. The Bertz CT molecular complexity index is 279. The maximum atomic E-state index is 5.50. The highest BCUT2D eigenvalue weighted by atomic mass is 16.5. The Morgan fingerprint density at radius 1 is 1.50 bits per heavy atom. The van der Waals surface area contributed by atoms with Crippen LogP contribution in [0.2, 0.25) is 0 Å². The Kier molecular flexibility index (Phi) is 3.63. The van der Waals surface area contributed by atoms with E-state index in [1.165, 1.54) is 0 Å². The van der Waals surface area contributed by atoms with Gasteiger partial charge in [0.15, 0.2) is 5.82 Å². The molecule has 0 N–H and O–H groups in total. The summed E-state index contributed by atoms with van der Waals surface area (Å²) in [7, 11) is 1.72. The van der Waals surface area contributed by atoms with E-state index in [-0.39, 0.29) is 5.60 Å². The molecule has 1 rings (SSSR count). The summed E-state index contributed by atoms with van der Waals surface area (Å²) < 4.78 is 7.56. The van der Waals surface area contributed by atoms with E-state index < -0.39 is 0 Å². The van der Waals surface area contributed by atoms with Gasteiger partial charge in [-0.25, -0.2) is 0 Å². The van der Waals surface area contributed by atoms with Gasteiger partial charge in [-0.05, 0) is 19.8 Å². The minimum absolute atomic E-state index is 0.314. The van der Waals surface area contributed by atoms with Crippen molar-refractivity contribution in [2.75, 3.05) is 7.11 Å². The van der Waals surface area contributed by atoms with Gasteiger partial charge in [0, 0.05) is 13.7 Å². The fourth-order valence-corrected chi connectivity index (χ4v) is 1.46. The van der Waals surface area contributed by atoms with E-state index in [9.17, 15) is 0 Å². The Labute approximate surface area is 85.3 Å². The van der Waals surface area contributed by atoms with Crippen molar-refractivity contribution < 1.29 is 4.74 Å². The van der Waals surface area contributed by atoms with E-state index in [2.05, 4.69) is 28.6 Å². The Hall–Kier alpha value is -0.900. The summed E-state index contributed by atoms with van der Waals surface area (Å²) >= 11 is 0. The van der Waals surface area contributed by atoms with Crippen molar-refractivity contribution in [1.29, 1.82) is 0 Å². The molecule has 0 spiro atoms. The van der Waals surface area contributed by atoms with Gasteiger partial charge in [0.1, 0.15) is 11.9 Å². The average Bonchev–Trinajstić information content (AvgIpc) is 2.66. The number of nitrogens with zero attached hydrogens (tertiary/aromatic N) is 3. The number of aromatic nitrogens is 3. The third-order valence-electron chi connectivity index (χ3n) is 2.68. The lowest BCUT2D eigenvalue weighted by molar-refractivity contribution is -0.0121. The molecule has 0 radical (unpaired) electrons. The molecule has 0 saturated carbocycles. The summed E-state index contributed by atoms with van der Waals surface area (Å²) in [5.74, 6) is 0.921. The second kappa shape index (κ2) is 4.55. The van der Waals surface area contributed by atoms with Crippen LogP contribution in [0.5, 0.6) is 0 Å². The van der Waals surface area contributed by atoms with Gasteiger partial charge in [0.05, 0.1) is 0 Å². The Morgan fingerprint density at radius 2 is 2.21 bits per heavy atom. The summed E-state index contributed by atoms with van der Waals surface area (Å²) in [6, 6.07) is 0. The fourth-order valence-electron chi connectivity index (χ4n) is 1.46. The van der Waals surface area contributed by atoms with Crippen molar-refractivity contribution in [2.24, 2.45) is 0 Å². The van der Waals surface area contributed by atoms with Gasteiger partial charge in [-0.1, -0.05) is 13.8 Å². The zero-order valence-corrected chi connectivity index (χ0v) is 9.45. The number of methoxy groups -OCH3 is 1. The van der Waals surface area contributed by atoms with Crippen LogP contribution < -0.4 is 0 Å². The van der Waals surface area contributed by atoms with Crippen LogP contribution in [0.1, 0.15) is 39.4 Å². The number of hydrogen-bond donors (Lipinski definition) is 0. The van der Waals surface area contributed by atoms with Crippen LogP contribution in [-0.2, 0) is 16.9 Å². The topological polar surface area (TPSA) is 39.9 Å². The largest absolute Gasteiger partial charge is 0.371 e. The second-order valence-corrected chi connectivity index (χ2v) is 3.64. The van der Waals surface area contributed by atoms with Crippen LogP contribution in [0, 0.1) is 0 Å². The van der Waals surface area contributed by atoms with Crippen LogP contribution in [0.4, 0.5) is 0 Å². The molecule has 0 saturated heterocycles. The van der Waals surface area contributed by atoms with E-state index in [0.717, 1.165) is 25.2 Å². The lowest BCUT2D eigenvalue weighted by Gasteiger charge is -2.25. The molecule has 1 aromatic heterocycles. The van der Waals surface area contributed by atoms with E-state index in [1.807, 2.05) is 6.92 Å². The van der Waals surface area contributed by atoms with Crippen LogP contribution in [0.25, 0.3) is 0 Å². The molecule has 0 aliphatic rings. The van der Waals surface area contributed by atoms with Crippen LogP contribution in [0.15, 0.2) is 6.33 Å². The maximum absolute atomic E-state index is 5.50. The summed E-state index contributed by atoms with van der Waals surface area (Å²) in [6.45, 7) is 7.22. The highest BCUT2D eigenvalue weighted by molar-refractivity contribution is 5.00. The van der Waals surface area contributed by atoms with Crippen molar-refractivity contribution in [2.45, 2.75) is 45.8 Å². The smallest absolute Gasteiger partial charge is 0.164 e.